The van der Waals surface area contributed by atoms with Gasteiger partial charge < -0.3 is 4.42 Å². The van der Waals surface area contributed by atoms with Crippen LogP contribution in [0.3, 0.4) is 0 Å². The fourth-order valence-corrected chi connectivity index (χ4v) is 1.82. The molecule has 0 spiro atoms. The average Bonchev–Trinajstić information content (AvgIpc) is 2.85. The van der Waals surface area contributed by atoms with Gasteiger partial charge in [-0.3, -0.25) is 10.1 Å². The van der Waals surface area contributed by atoms with Gasteiger partial charge in [-0.25, -0.2) is 4.98 Å². The zero-order chi connectivity index (χ0) is 13.8. The van der Waals surface area contributed by atoms with Crippen LogP contribution >= 0.6 is 11.6 Å². The Morgan fingerprint density at radius 2 is 2.05 bits per heavy atom. The molecule has 0 aliphatic heterocycles. The number of carbonyl (C=O) groups excluding carboxylic acids is 1. The van der Waals surface area contributed by atoms with Gasteiger partial charge in [-0.1, -0.05) is 13.8 Å². The molecular weight excluding hydrogens is 268 g/mol. The van der Waals surface area contributed by atoms with E-state index in [0.29, 0.717) is 0 Å². The zero-order valence-corrected chi connectivity index (χ0v) is 11.4. The highest BCUT2D eigenvalue weighted by Gasteiger charge is 2.15. The highest BCUT2D eigenvalue weighted by Crippen LogP contribution is 2.17. The van der Waals surface area contributed by atoms with Crippen molar-refractivity contribution in [3.63, 3.8) is 0 Å². The van der Waals surface area contributed by atoms with Crippen LogP contribution in [0, 0.1) is 0 Å². The third-order valence-corrected chi connectivity index (χ3v) is 2.89. The van der Waals surface area contributed by atoms with Gasteiger partial charge in [0.25, 0.3) is 5.91 Å². The zero-order valence-electron chi connectivity index (χ0n) is 10.6. The van der Waals surface area contributed by atoms with E-state index in [1.165, 1.54) is 12.3 Å². The van der Waals surface area contributed by atoms with Crippen LogP contribution in [0.4, 0.5) is 5.95 Å². The summed E-state index contributed by atoms with van der Waals surface area (Å²) in [5, 5.41) is 10.5. The van der Waals surface area contributed by atoms with Gasteiger partial charge in [-0.05, 0) is 30.5 Å². The van der Waals surface area contributed by atoms with Crippen molar-refractivity contribution >= 4 is 23.5 Å². The number of amides is 1. The Morgan fingerprint density at radius 1 is 1.32 bits per heavy atom. The molecular formula is C12H13ClN4O2. The van der Waals surface area contributed by atoms with Gasteiger partial charge in [0.15, 0.2) is 0 Å². The average molecular weight is 281 g/mol. The molecule has 0 bridgehead atoms. The van der Waals surface area contributed by atoms with Crippen LogP contribution in [0.2, 0.25) is 5.22 Å². The van der Waals surface area contributed by atoms with E-state index in [-0.39, 0.29) is 16.7 Å². The van der Waals surface area contributed by atoms with Crippen molar-refractivity contribution in [2.24, 2.45) is 0 Å². The second kappa shape index (κ2) is 5.79. The van der Waals surface area contributed by atoms with E-state index in [4.69, 9.17) is 16.0 Å². The fraction of sp³-hybridized carbons (Fsp3) is 0.333. The fourth-order valence-electron chi connectivity index (χ4n) is 1.62. The molecule has 2 heterocycles. The van der Waals surface area contributed by atoms with E-state index in [9.17, 15) is 4.79 Å². The maximum Gasteiger partial charge on any atom is 0.262 e. The van der Waals surface area contributed by atoms with Gasteiger partial charge in [-0.15, -0.1) is 10.2 Å². The van der Waals surface area contributed by atoms with E-state index >= 15 is 0 Å². The molecule has 0 aromatic carbocycles. The lowest BCUT2D eigenvalue weighted by Crippen LogP contribution is -2.16. The molecule has 0 unspecified atom stereocenters. The molecule has 2 rings (SSSR count). The number of rotatable bonds is 4. The second-order valence-corrected chi connectivity index (χ2v) is 4.14. The molecule has 1 amide bonds. The molecule has 0 saturated carbocycles. The lowest BCUT2D eigenvalue weighted by Gasteiger charge is -2.06. The minimum atomic E-state index is -0.424. The van der Waals surface area contributed by atoms with Gasteiger partial charge in [0.1, 0.15) is 0 Å². The van der Waals surface area contributed by atoms with Crippen LogP contribution in [0.15, 0.2) is 16.7 Å². The van der Waals surface area contributed by atoms with E-state index in [1.807, 2.05) is 13.8 Å². The van der Waals surface area contributed by atoms with Crippen molar-refractivity contribution in [2.75, 3.05) is 5.32 Å². The van der Waals surface area contributed by atoms with Gasteiger partial charge in [0.2, 0.25) is 11.2 Å². The molecule has 100 valence electrons. The minimum Gasteiger partial charge on any atom is -0.452 e. The number of nitrogens with zero attached hydrogens (tertiary/aromatic N) is 3. The van der Waals surface area contributed by atoms with Crippen molar-refractivity contribution in [3.05, 3.63) is 34.5 Å². The third kappa shape index (κ3) is 2.90. The molecule has 7 heteroatoms. The highest BCUT2D eigenvalue weighted by atomic mass is 35.5. The minimum absolute atomic E-state index is 0.0337. The molecule has 2 aromatic heterocycles. The first-order chi connectivity index (χ1) is 9.15. The van der Waals surface area contributed by atoms with Crippen molar-refractivity contribution in [2.45, 2.75) is 26.7 Å². The Morgan fingerprint density at radius 3 is 2.63 bits per heavy atom. The van der Waals surface area contributed by atoms with Gasteiger partial charge in [0.05, 0.1) is 23.2 Å². The monoisotopic (exact) mass is 280 g/mol. The molecule has 0 radical (unpaired) electrons. The molecule has 1 N–H and O–H groups in total. The summed E-state index contributed by atoms with van der Waals surface area (Å²) >= 11 is 5.72. The summed E-state index contributed by atoms with van der Waals surface area (Å²) in [6, 6.07) is 1.48. The topological polar surface area (TPSA) is 80.9 Å². The molecule has 0 aliphatic carbocycles. The van der Waals surface area contributed by atoms with Crippen LogP contribution in [0.25, 0.3) is 0 Å². The summed E-state index contributed by atoms with van der Waals surface area (Å²) in [7, 11) is 0. The number of hydrogen-bond donors (Lipinski definition) is 1. The van der Waals surface area contributed by atoms with E-state index in [1.54, 1.807) is 0 Å². The summed E-state index contributed by atoms with van der Waals surface area (Å²) in [6.07, 6.45) is 2.83. The normalized spacial score (nSPS) is 10.5. The standard InChI is InChI=1S/C12H13ClN4O2/c1-3-8-9(4-2)16-17-12(14-8)15-11(18)7-5-6-19-10(7)13/h5-6H,3-4H2,1-2H3,(H,14,15,17,18). The summed E-state index contributed by atoms with van der Waals surface area (Å²) in [6.45, 7) is 3.95. The number of carbonyl (C=O) groups is 1. The Labute approximate surface area is 115 Å². The van der Waals surface area contributed by atoms with Crippen LogP contribution in [0.5, 0.6) is 0 Å². The number of furan rings is 1. The lowest BCUT2D eigenvalue weighted by molar-refractivity contribution is 0.102. The number of nitrogens with one attached hydrogen (secondary N) is 1. The SMILES string of the molecule is CCc1nnc(NC(=O)c2ccoc2Cl)nc1CC. The lowest BCUT2D eigenvalue weighted by atomic mass is 10.2. The van der Waals surface area contributed by atoms with Gasteiger partial charge >= 0.3 is 0 Å². The molecule has 6 nitrogen and oxygen atoms in total. The first-order valence-electron chi connectivity index (χ1n) is 5.92. The van der Waals surface area contributed by atoms with Crippen molar-refractivity contribution in [3.8, 4) is 0 Å². The Hall–Kier alpha value is -1.95. The van der Waals surface area contributed by atoms with E-state index in [0.717, 1.165) is 24.2 Å². The van der Waals surface area contributed by atoms with Crippen LogP contribution in [-0.4, -0.2) is 21.1 Å². The summed E-state index contributed by atoms with van der Waals surface area (Å²) < 4.78 is 4.85. The molecule has 0 atom stereocenters. The first kappa shape index (κ1) is 13.5. The quantitative estimate of drug-likeness (QED) is 0.930. The Balaban J connectivity index is 2.20. The molecule has 0 saturated heterocycles. The molecule has 0 aliphatic rings. The maximum atomic E-state index is 11.9. The third-order valence-electron chi connectivity index (χ3n) is 2.60. The van der Waals surface area contributed by atoms with E-state index in [2.05, 4.69) is 20.5 Å². The molecule has 2 aromatic rings. The first-order valence-corrected chi connectivity index (χ1v) is 6.30. The number of hydrogen-bond acceptors (Lipinski definition) is 5. The summed E-state index contributed by atoms with van der Waals surface area (Å²) in [4.78, 5) is 16.1. The smallest absolute Gasteiger partial charge is 0.262 e. The van der Waals surface area contributed by atoms with Crippen LogP contribution in [-0.2, 0) is 12.8 Å². The largest absolute Gasteiger partial charge is 0.452 e. The summed E-state index contributed by atoms with van der Waals surface area (Å²) in [5.74, 6) is -0.261. The van der Waals surface area contributed by atoms with Gasteiger partial charge in [0, 0.05) is 0 Å². The van der Waals surface area contributed by atoms with Crippen molar-refractivity contribution in [1.29, 1.82) is 0 Å². The van der Waals surface area contributed by atoms with Crippen molar-refractivity contribution in [1.82, 2.24) is 15.2 Å². The Bertz CT molecular complexity index is 597. The molecule has 0 fully saturated rings. The van der Waals surface area contributed by atoms with E-state index < -0.39 is 5.91 Å². The summed E-state index contributed by atoms with van der Waals surface area (Å²) in [5.41, 5.74) is 1.90. The predicted octanol–water partition coefficient (Wildman–Crippen LogP) is 2.50. The number of anilines is 1. The van der Waals surface area contributed by atoms with Crippen LogP contribution in [0.1, 0.15) is 35.6 Å². The molecule has 19 heavy (non-hydrogen) atoms. The Kier molecular flexibility index (Phi) is 4.11. The van der Waals surface area contributed by atoms with Crippen molar-refractivity contribution < 1.29 is 9.21 Å². The van der Waals surface area contributed by atoms with Crippen LogP contribution < -0.4 is 5.32 Å². The predicted molar refractivity (Wildman–Crippen MR) is 70.3 cm³/mol. The number of aryl methyl sites for hydroxylation is 2. The highest BCUT2D eigenvalue weighted by molar-refractivity contribution is 6.32. The number of halogens is 1. The number of aromatic nitrogens is 3. The maximum absolute atomic E-state index is 11.9. The van der Waals surface area contributed by atoms with Gasteiger partial charge in [-0.2, -0.15) is 0 Å². The second-order valence-electron chi connectivity index (χ2n) is 3.80.